The van der Waals surface area contributed by atoms with Gasteiger partial charge in [-0.3, -0.25) is 4.98 Å². The topological polar surface area (TPSA) is 62.7 Å². The smallest absolute Gasteiger partial charge is 0.224 e. The number of aromatic nitrogens is 3. The fraction of sp³-hybridized carbons (Fsp3) is 0.308. The molecule has 0 saturated carbocycles. The maximum Gasteiger partial charge on any atom is 0.224 e. The Hall–Kier alpha value is -2.17. The number of hydrogen-bond acceptors (Lipinski definition) is 5. The Morgan fingerprint density at radius 2 is 2.00 bits per heavy atom. The molecule has 0 aliphatic heterocycles. The normalized spacial score (nSPS) is 10.2. The first-order valence-electron chi connectivity index (χ1n) is 5.87. The molecule has 2 N–H and O–H groups in total. The van der Waals surface area contributed by atoms with E-state index in [1.165, 1.54) is 0 Å². The van der Waals surface area contributed by atoms with Crippen LogP contribution in [0.5, 0.6) is 0 Å². The highest BCUT2D eigenvalue weighted by Crippen LogP contribution is 2.13. The van der Waals surface area contributed by atoms with E-state index in [2.05, 4.69) is 25.6 Å². The molecule has 0 bridgehead atoms. The van der Waals surface area contributed by atoms with E-state index >= 15 is 0 Å². The molecule has 5 heteroatoms. The molecule has 18 heavy (non-hydrogen) atoms. The highest BCUT2D eigenvalue weighted by molar-refractivity contribution is 5.46. The zero-order chi connectivity index (χ0) is 13.0. The quantitative estimate of drug-likeness (QED) is 0.861. The molecule has 0 atom stereocenters. The van der Waals surface area contributed by atoms with Crippen LogP contribution in [0, 0.1) is 13.8 Å². The SMILES string of the molecule is CNc1ncc(C)c(NCc2cccc(C)n2)n1. The van der Waals surface area contributed by atoms with Crippen LogP contribution in [-0.4, -0.2) is 22.0 Å². The molecule has 0 saturated heterocycles. The monoisotopic (exact) mass is 243 g/mol. The van der Waals surface area contributed by atoms with Crippen molar-refractivity contribution in [3.8, 4) is 0 Å². The van der Waals surface area contributed by atoms with Crippen molar-refractivity contribution in [2.75, 3.05) is 17.7 Å². The molecule has 0 radical (unpaired) electrons. The van der Waals surface area contributed by atoms with Gasteiger partial charge in [0.2, 0.25) is 5.95 Å². The zero-order valence-corrected chi connectivity index (χ0v) is 10.9. The van der Waals surface area contributed by atoms with Crippen LogP contribution in [0.3, 0.4) is 0 Å². The van der Waals surface area contributed by atoms with Crippen LogP contribution in [0.15, 0.2) is 24.4 Å². The Balaban J connectivity index is 2.10. The Bertz CT molecular complexity index is 539. The molecule has 0 aromatic carbocycles. The van der Waals surface area contributed by atoms with Crippen LogP contribution in [0.25, 0.3) is 0 Å². The number of aryl methyl sites for hydroxylation is 2. The van der Waals surface area contributed by atoms with Crippen molar-refractivity contribution in [1.82, 2.24) is 15.0 Å². The summed E-state index contributed by atoms with van der Waals surface area (Å²) in [5.41, 5.74) is 3.03. The molecule has 2 rings (SSSR count). The lowest BCUT2D eigenvalue weighted by Crippen LogP contribution is -2.07. The molecule has 0 fully saturated rings. The van der Waals surface area contributed by atoms with Gasteiger partial charge in [0.25, 0.3) is 0 Å². The van der Waals surface area contributed by atoms with Crippen molar-refractivity contribution in [3.63, 3.8) is 0 Å². The van der Waals surface area contributed by atoms with E-state index in [0.717, 1.165) is 22.8 Å². The first-order chi connectivity index (χ1) is 8.69. The van der Waals surface area contributed by atoms with E-state index in [1.54, 1.807) is 13.2 Å². The standard InChI is InChI=1S/C13H17N5/c1-9-7-16-13(14-3)18-12(9)15-8-11-6-4-5-10(2)17-11/h4-7H,8H2,1-3H3,(H2,14,15,16,18). The van der Waals surface area contributed by atoms with Gasteiger partial charge in [-0.2, -0.15) is 4.98 Å². The third kappa shape index (κ3) is 2.94. The predicted octanol–water partition coefficient (Wildman–Crippen LogP) is 2.14. The third-order valence-corrected chi connectivity index (χ3v) is 2.58. The maximum absolute atomic E-state index is 4.44. The molecule has 0 aliphatic carbocycles. The maximum atomic E-state index is 4.44. The summed E-state index contributed by atoms with van der Waals surface area (Å²) in [5, 5.41) is 6.20. The minimum absolute atomic E-state index is 0.611. The van der Waals surface area contributed by atoms with E-state index in [0.29, 0.717) is 12.5 Å². The number of nitrogens with one attached hydrogen (secondary N) is 2. The second kappa shape index (κ2) is 5.44. The van der Waals surface area contributed by atoms with Crippen LogP contribution in [0.1, 0.15) is 17.0 Å². The summed E-state index contributed by atoms with van der Waals surface area (Å²) in [6, 6.07) is 5.99. The van der Waals surface area contributed by atoms with Crippen molar-refractivity contribution >= 4 is 11.8 Å². The van der Waals surface area contributed by atoms with Crippen LogP contribution < -0.4 is 10.6 Å². The third-order valence-electron chi connectivity index (χ3n) is 2.58. The lowest BCUT2D eigenvalue weighted by atomic mass is 10.3. The zero-order valence-electron chi connectivity index (χ0n) is 10.9. The minimum atomic E-state index is 0.611. The molecular formula is C13H17N5. The van der Waals surface area contributed by atoms with Crippen molar-refractivity contribution < 1.29 is 0 Å². The number of pyridine rings is 1. The van der Waals surface area contributed by atoms with Gasteiger partial charge in [0.1, 0.15) is 5.82 Å². The largest absolute Gasteiger partial charge is 0.364 e. The van der Waals surface area contributed by atoms with Gasteiger partial charge >= 0.3 is 0 Å². The van der Waals surface area contributed by atoms with E-state index in [4.69, 9.17) is 0 Å². The molecule has 2 aromatic rings. The Morgan fingerprint density at radius 1 is 1.17 bits per heavy atom. The van der Waals surface area contributed by atoms with Crippen LogP contribution in [0.4, 0.5) is 11.8 Å². The van der Waals surface area contributed by atoms with Crippen LogP contribution >= 0.6 is 0 Å². The average Bonchev–Trinajstić information content (AvgIpc) is 2.38. The molecular weight excluding hydrogens is 226 g/mol. The number of hydrogen-bond donors (Lipinski definition) is 2. The van der Waals surface area contributed by atoms with Crippen molar-refractivity contribution in [2.45, 2.75) is 20.4 Å². The Kier molecular flexibility index (Phi) is 3.72. The molecule has 5 nitrogen and oxygen atoms in total. The van der Waals surface area contributed by atoms with Gasteiger partial charge in [-0.15, -0.1) is 0 Å². The summed E-state index contributed by atoms with van der Waals surface area (Å²) in [7, 11) is 1.80. The fourth-order valence-corrected chi connectivity index (χ4v) is 1.61. The van der Waals surface area contributed by atoms with Gasteiger partial charge in [-0.1, -0.05) is 6.07 Å². The molecule has 0 amide bonds. The summed E-state index contributed by atoms with van der Waals surface area (Å²) >= 11 is 0. The number of anilines is 2. The van der Waals surface area contributed by atoms with Gasteiger partial charge in [0.15, 0.2) is 0 Å². The predicted molar refractivity (Wildman–Crippen MR) is 72.6 cm³/mol. The summed E-state index contributed by atoms with van der Waals surface area (Å²) in [4.78, 5) is 13.0. The van der Waals surface area contributed by atoms with Crippen LogP contribution in [-0.2, 0) is 6.54 Å². The van der Waals surface area contributed by atoms with E-state index < -0.39 is 0 Å². The molecule has 0 aliphatic rings. The van der Waals surface area contributed by atoms with E-state index in [9.17, 15) is 0 Å². The fourth-order valence-electron chi connectivity index (χ4n) is 1.61. The summed E-state index contributed by atoms with van der Waals surface area (Å²) in [6.45, 7) is 4.62. The first-order valence-corrected chi connectivity index (χ1v) is 5.87. The lowest BCUT2D eigenvalue weighted by molar-refractivity contribution is 0.991. The second-order valence-electron chi connectivity index (χ2n) is 4.10. The molecule has 0 spiro atoms. The molecule has 0 unspecified atom stereocenters. The van der Waals surface area contributed by atoms with Gasteiger partial charge in [0, 0.05) is 24.5 Å². The lowest BCUT2D eigenvalue weighted by Gasteiger charge is -2.09. The van der Waals surface area contributed by atoms with E-state index in [-0.39, 0.29) is 0 Å². The van der Waals surface area contributed by atoms with Crippen molar-refractivity contribution in [2.24, 2.45) is 0 Å². The number of rotatable bonds is 4. The Labute approximate surface area is 107 Å². The van der Waals surface area contributed by atoms with E-state index in [1.807, 2.05) is 32.0 Å². The molecule has 2 heterocycles. The summed E-state index contributed by atoms with van der Waals surface area (Å²) < 4.78 is 0. The molecule has 94 valence electrons. The first kappa shape index (κ1) is 12.3. The Morgan fingerprint density at radius 3 is 2.72 bits per heavy atom. The van der Waals surface area contributed by atoms with Gasteiger partial charge in [-0.25, -0.2) is 4.98 Å². The van der Waals surface area contributed by atoms with Crippen molar-refractivity contribution in [1.29, 1.82) is 0 Å². The van der Waals surface area contributed by atoms with Crippen molar-refractivity contribution in [3.05, 3.63) is 41.3 Å². The van der Waals surface area contributed by atoms with Crippen LogP contribution in [0.2, 0.25) is 0 Å². The highest BCUT2D eigenvalue weighted by atomic mass is 15.1. The molecule has 2 aromatic heterocycles. The van der Waals surface area contributed by atoms with Gasteiger partial charge in [-0.05, 0) is 26.0 Å². The van der Waals surface area contributed by atoms with Gasteiger partial charge < -0.3 is 10.6 Å². The minimum Gasteiger partial charge on any atom is -0.364 e. The highest BCUT2D eigenvalue weighted by Gasteiger charge is 2.03. The summed E-state index contributed by atoms with van der Waals surface area (Å²) in [5.74, 6) is 1.44. The average molecular weight is 243 g/mol. The number of nitrogens with zero attached hydrogens (tertiary/aromatic N) is 3. The summed E-state index contributed by atoms with van der Waals surface area (Å²) in [6.07, 6.45) is 1.80. The van der Waals surface area contributed by atoms with Gasteiger partial charge in [0.05, 0.1) is 12.2 Å². The second-order valence-corrected chi connectivity index (χ2v) is 4.10.